The average molecular weight is 281 g/mol. The van der Waals surface area contributed by atoms with Crippen LogP contribution in [-0.4, -0.2) is 16.4 Å². The maximum absolute atomic E-state index is 11.4. The van der Waals surface area contributed by atoms with Crippen LogP contribution in [0.4, 0.5) is 0 Å². The maximum Gasteiger partial charge on any atom is 0.167 e. The molecule has 0 aliphatic rings. The standard InChI is InChI=1S/C17H15NOS/c1-2-20-15-8-6-13(7-9-15)16-11-14-5-3-4-10-18(14)17(16)12-19/h3-12H,2H2,1H3. The fourth-order valence-electron chi connectivity index (χ4n) is 2.39. The molecule has 0 radical (unpaired) electrons. The van der Waals surface area contributed by atoms with Gasteiger partial charge in [0.1, 0.15) is 0 Å². The van der Waals surface area contributed by atoms with Crippen molar-refractivity contribution in [1.82, 2.24) is 4.40 Å². The third-order valence-corrected chi connectivity index (χ3v) is 4.20. The van der Waals surface area contributed by atoms with E-state index in [9.17, 15) is 4.79 Å². The van der Waals surface area contributed by atoms with Crippen LogP contribution < -0.4 is 0 Å². The molecule has 0 N–H and O–H groups in total. The molecule has 0 unspecified atom stereocenters. The Balaban J connectivity index is 2.11. The monoisotopic (exact) mass is 281 g/mol. The molecule has 0 saturated heterocycles. The minimum Gasteiger partial charge on any atom is -0.314 e. The van der Waals surface area contributed by atoms with Crippen LogP contribution in [0.25, 0.3) is 16.6 Å². The van der Waals surface area contributed by atoms with Gasteiger partial charge in [0.25, 0.3) is 0 Å². The summed E-state index contributed by atoms with van der Waals surface area (Å²) in [7, 11) is 0. The molecule has 0 aliphatic heterocycles. The first-order chi connectivity index (χ1) is 9.83. The molecule has 3 heteroatoms. The number of nitrogens with zero attached hydrogens (tertiary/aromatic N) is 1. The highest BCUT2D eigenvalue weighted by atomic mass is 32.2. The molecule has 100 valence electrons. The van der Waals surface area contributed by atoms with E-state index in [-0.39, 0.29) is 0 Å². The van der Waals surface area contributed by atoms with Gasteiger partial charge in [-0.2, -0.15) is 0 Å². The van der Waals surface area contributed by atoms with Crippen molar-refractivity contribution in [3.8, 4) is 11.1 Å². The van der Waals surface area contributed by atoms with E-state index in [1.807, 2.05) is 40.6 Å². The van der Waals surface area contributed by atoms with Crippen molar-refractivity contribution < 1.29 is 4.79 Å². The van der Waals surface area contributed by atoms with Crippen LogP contribution in [0.15, 0.2) is 59.6 Å². The zero-order valence-electron chi connectivity index (χ0n) is 11.2. The largest absolute Gasteiger partial charge is 0.314 e. The van der Waals surface area contributed by atoms with Gasteiger partial charge >= 0.3 is 0 Å². The Labute approximate surface area is 122 Å². The van der Waals surface area contributed by atoms with Gasteiger partial charge in [-0.05, 0) is 41.6 Å². The van der Waals surface area contributed by atoms with E-state index in [0.29, 0.717) is 5.69 Å². The van der Waals surface area contributed by atoms with Gasteiger partial charge < -0.3 is 4.40 Å². The number of benzene rings is 1. The fraction of sp³-hybridized carbons (Fsp3) is 0.118. The number of aldehydes is 1. The summed E-state index contributed by atoms with van der Waals surface area (Å²) in [4.78, 5) is 12.7. The third-order valence-electron chi connectivity index (χ3n) is 3.31. The molecule has 20 heavy (non-hydrogen) atoms. The summed E-state index contributed by atoms with van der Waals surface area (Å²) in [6.45, 7) is 2.14. The Hall–Kier alpha value is -2.00. The van der Waals surface area contributed by atoms with Crippen molar-refractivity contribution in [1.29, 1.82) is 0 Å². The number of pyridine rings is 1. The second-order valence-corrected chi connectivity index (χ2v) is 5.85. The van der Waals surface area contributed by atoms with E-state index in [2.05, 4.69) is 37.3 Å². The Bertz CT molecular complexity index is 743. The highest BCUT2D eigenvalue weighted by Crippen LogP contribution is 2.28. The number of carbonyl (C=O) groups is 1. The Morgan fingerprint density at radius 3 is 2.65 bits per heavy atom. The maximum atomic E-state index is 11.4. The van der Waals surface area contributed by atoms with Gasteiger partial charge in [0.2, 0.25) is 0 Å². The van der Waals surface area contributed by atoms with Gasteiger partial charge in [-0.3, -0.25) is 4.79 Å². The average Bonchev–Trinajstić information content (AvgIpc) is 2.87. The number of rotatable bonds is 4. The molecule has 0 bridgehead atoms. The predicted octanol–water partition coefficient (Wildman–Crippen LogP) is 4.53. The summed E-state index contributed by atoms with van der Waals surface area (Å²) in [5.74, 6) is 1.06. The number of fused-ring (bicyclic) bond motifs is 1. The van der Waals surface area contributed by atoms with Crippen molar-refractivity contribution in [3.05, 3.63) is 60.4 Å². The van der Waals surface area contributed by atoms with Crippen LogP contribution >= 0.6 is 11.8 Å². The highest BCUT2D eigenvalue weighted by molar-refractivity contribution is 7.99. The quantitative estimate of drug-likeness (QED) is 0.517. The minimum atomic E-state index is 0.705. The third kappa shape index (κ3) is 2.25. The lowest BCUT2D eigenvalue weighted by molar-refractivity contribution is 0.111. The second-order valence-electron chi connectivity index (χ2n) is 4.51. The Kier molecular flexibility index (Phi) is 3.61. The minimum absolute atomic E-state index is 0.705. The Morgan fingerprint density at radius 1 is 1.15 bits per heavy atom. The molecule has 0 spiro atoms. The van der Waals surface area contributed by atoms with Crippen molar-refractivity contribution in [2.75, 3.05) is 5.75 Å². The molecule has 0 amide bonds. The predicted molar refractivity (Wildman–Crippen MR) is 84.6 cm³/mol. The highest BCUT2D eigenvalue weighted by Gasteiger charge is 2.10. The summed E-state index contributed by atoms with van der Waals surface area (Å²) >= 11 is 1.82. The van der Waals surface area contributed by atoms with E-state index in [1.54, 1.807) is 0 Å². The van der Waals surface area contributed by atoms with E-state index >= 15 is 0 Å². The van der Waals surface area contributed by atoms with Crippen LogP contribution in [0.3, 0.4) is 0 Å². The van der Waals surface area contributed by atoms with E-state index in [4.69, 9.17) is 0 Å². The fourth-order valence-corrected chi connectivity index (χ4v) is 3.06. The number of carbonyl (C=O) groups excluding carboxylic acids is 1. The van der Waals surface area contributed by atoms with Crippen LogP contribution in [0, 0.1) is 0 Å². The van der Waals surface area contributed by atoms with E-state index in [1.165, 1.54) is 4.90 Å². The summed E-state index contributed by atoms with van der Waals surface area (Å²) < 4.78 is 1.93. The van der Waals surface area contributed by atoms with Crippen LogP contribution in [0.1, 0.15) is 17.4 Å². The zero-order chi connectivity index (χ0) is 13.9. The molecule has 0 saturated carbocycles. The summed E-state index contributed by atoms with van der Waals surface area (Å²) in [6, 6.07) is 16.4. The first-order valence-corrected chi connectivity index (χ1v) is 7.60. The van der Waals surface area contributed by atoms with E-state index < -0.39 is 0 Å². The smallest absolute Gasteiger partial charge is 0.167 e. The molecule has 2 aromatic heterocycles. The lowest BCUT2D eigenvalue weighted by Gasteiger charge is -2.03. The topological polar surface area (TPSA) is 21.5 Å². The molecule has 2 heterocycles. The lowest BCUT2D eigenvalue weighted by atomic mass is 10.1. The number of hydrogen-bond donors (Lipinski definition) is 0. The van der Waals surface area contributed by atoms with Crippen LogP contribution in [0.5, 0.6) is 0 Å². The van der Waals surface area contributed by atoms with Gasteiger partial charge in [-0.1, -0.05) is 25.1 Å². The van der Waals surface area contributed by atoms with Gasteiger partial charge in [0.15, 0.2) is 6.29 Å². The first kappa shape index (κ1) is 13.0. The lowest BCUT2D eigenvalue weighted by Crippen LogP contribution is -1.91. The van der Waals surface area contributed by atoms with Gasteiger partial charge in [-0.25, -0.2) is 0 Å². The summed E-state index contributed by atoms with van der Waals surface area (Å²) in [5, 5.41) is 0. The number of hydrogen-bond acceptors (Lipinski definition) is 2. The van der Waals surface area contributed by atoms with Crippen LogP contribution in [-0.2, 0) is 0 Å². The van der Waals surface area contributed by atoms with Crippen molar-refractivity contribution >= 4 is 23.6 Å². The van der Waals surface area contributed by atoms with Crippen molar-refractivity contribution in [2.24, 2.45) is 0 Å². The molecule has 2 nitrogen and oxygen atoms in total. The molecular formula is C17H15NOS. The molecular weight excluding hydrogens is 266 g/mol. The van der Waals surface area contributed by atoms with Gasteiger partial charge in [0, 0.05) is 22.2 Å². The molecule has 0 aliphatic carbocycles. The first-order valence-electron chi connectivity index (χ1n) is 6.62. The summed E-state index contributed by atoms with van der Waals surface area (Å²) in [5.41, 5.74) is 3.81. The van der Waals surface area contributed by atoms with Crippen LogP contribution in [0.2, 0.25) is 0 Å². The van der Waals surface area contributed by atoms with Crippen molar-refractivity contribution in [3.63, 3.8) is 0 Å². The molecule has 0 fully saturated rings. The number of thioether (sulfide) groups is 1. The molecule has 3 rings (SSSR count). The van der Waals surface area contributed by atoms with Gasteiger partial charge in [-0.15, -0.1) is 11.8 Å². The molecule has 3 aromatic rings. The van der Waals surface area contributed by atoms with E-state index in [0.717, 1.165) is 28.7 Å². The zero-order valence-corrected chi connectivity index (χ0v) is 12.1. The van der Waals surface area contributed by atoms with Gasteiger partial charge in [0.05, 0.1) is 5.69 Å². The second kappa shape index (κ2) is 5.55. The molecule has 1 aromatic carbocycles. The van der Waals surface area contributed by atoms with Crippen molar-refractivity contribution in [2.45, 2.75) is 11.8 Å². The summed E-state index contributed by atoms with van der Waals surface area (Å²) in [6.07, 6.45) is 2.85. The number of aromatic nitrogens is 1. The molecule has 0 atom stereocenters. The SMILES string of the molecule is CCSc1ccc(-c2cc3ccccn3c2C=O)cc1. The Morgan fingerprint density at radius 2 is 1.95 bits per heavy atom. The normalized spacial score (nSPS) is 10.8.